The van der Waals surface area contributed by atoms with E-state index in [2.05, 4.69) is 20.7 Å². The Morgan fingerprint density at radius 2 is 1.95 bits per heavy atom. The highest BCUT2D eigenvalue weighted by Gasteiger charge is 2.34. The van der Waals surface area contributed by atoms with Crippen LogP contribution in [0.5, 0.6) is 0 Å². The predicted octanol–water partition coefficient (Wildman–Crippen LogP) is 1.88. The summed E-state index contributed by atoms with van der Waals surface area (Å²) in [4.78, 5) is 34.0. The number of hydrogen-bond donors (Lipinski definition) is 2. The zero-order valence-corrected chi connectivity index (χ0v) is 11.5. The average Bonchev–Trinajstić information content (AvgIpc) is 2.31. The molecule has 7 heteroatoms. The molecule has 0 radical (unpaired) electrons. The lowest BCUT2D eigenvalue weighted by molar-refractivity contribution is -0.153. The fourth-order valence-electron chi connectivity index (χ4n) is 1.58. The molecule has 0 spiro atoms. The van der Waals surface area contributed by atoms with Crippen molar-refractivity contribution in [3.05, 3.63) is 33.8 Å². The zero-order chi connectivity index (χ0) is 14.6. The molecule has 6 nitrogen and oxygen atoms in total. The van der Waals surface area contributed by atoms with Crippen LogP contribution in [0.3, 0.4) is 0 Å². The Kier molecular flexibility index (Phi) is 5.05. The number of halogens is 1. The molecular formula is C12H11BrO6. The summed E-state index contributed by atoms with van der Waals surface area (Å²) in [6.45, 7) is 1.55. The van der Waals surface area contributed by atoms with Crippen molar-refractivity contribution >= 4 is 33.8 Å². The van der Waals surface area contributed by atoms with Gasteiger partial charge in [-0.3, -0.25) is 9.59 Å². The summed E-state index contributed by atoms with van der Waals surface area (Å²) < 4.78 is 4.91. The molecule has 0 heterocycles. The molecule has 0 aliphatic rings. The third-order valence-electron chi connectivity index (χ3n) is 2.34. The second kappa shape index (κ2) is 6.33. The molecule has 0 saturated heterocycles. The van der Waals surface area contributed by atoms with Crippen LogP contribution in [0.2, 0.25) is 0 Å². The highest BCUT2D eigenvalue weighted by atomic mass is 79.9. The van der Waals surface area contributed by atoms with Gasteiger partial charge in [-0.15, -0.1) is 0 Å². The Morgan fingerprint density at radius 3 is 2.42 bits per heavy atom. The highest BCUT2D eigenvalue weighted by Crippen LogP contribution is 2.30. The third kappa shape index (κ3) is 3.31. The fraction of sp³-hybridized carbons (Fsp3) is 0.250. The van der Waals surface area contributed by atoms with E-state index in [4.69, 9.17) is 10.2 Å². The number of rotatable bonds is 5. The van der Waals surface area contributed by atoms with Crippen molar-refractivity contribution < 1.29 is 29.3 Å². The summed E-state index contributed by atoms with van der Waals surface area (Å²) in [6, 6.07) is 4.15. The quantitative estimate of drug-likeness (QED) is 0.631. The Balaban J connectivity index is 3.42. The first-order valence-electron chi connectivity index (χ1n) is 5.31. The van der Waals surface area contributed by atoms with Gasteiger partial charge in [-0.25, -0.2) is 4.79 Å². The standard InChI is InChI=1S/C12H11BrO6/c1-2-19-12(18)9(11(16)17)8-6(10(14)15)4-3-5-7(8)13/h3-5,9H,2H2,1H3,(H,14,15)(H,16,17). The number of carboxylic acids is 2. The van der Waals surface area contributed by atoms with E-state index in [-0.39, 0.29) is 22.2 Å². The normalized spacial score (nSPS) is 11.7. The van der Waals surface area contributed by atoms with Crippen LogP contribution >= 0.6 is 15.9 Å². The Morgan fingerprint density at radius 1 is 1.32 bits per heavy atom. The molecule has 1 aromatic carbocycles. The summed E-state index contributed by atoms with van der Waals surface area (Å²) >= 11 is 3.07. The molecule has 0 fully saturated rings. The number of esters is 1. The van der Waals surface area contributed by atoms with E-state index in [0.717, 1.165) is 0 Å². The van der Waals surface area contributed by atoms with E-state index >= 15 is 0 Å². The topological polar surface area (TPSA) is 101 Å². The smallest absolute Gasteiger partial charge is 0.336 e. The maximum Gasteiger partial charge on any atom is 0.336 e. The molecule has 102 valence electrons. The molecule has 1 atom stereocenters. The summed E-state index contributed by atoms with van der Waals surface area (Å²) in [5, 5.41) is 18.2. The minimum absolute atomic E-state index is 0.00940. The van der Waals surface area contributed by atoms with Crippen molar-refractivity contribution in [3.8, 4) is 0 Å². The molecule has 1 rings (SSSR count). The molecule has 0 saturated carbocycles. The molecule has 1 unspecified atom stereocenters. The van der Waals surface area contributed by atoms with Crippen molar-refractivity contribution in [1.82, 2.24) is 0 Å². The number of ether oxygens (including phenoxy) is 1. The number of aromatic carboxylic acids is 1. The number of carboxylic acid groups (broad SMARTS) is 2. The Hall–Kier alpha value is -1.89. The Labute approximate surface area is 117 Å². The molecule has 1 aromatic rings. The van der Waals surface area contributed by atoms with Crippen LogP contribution in [0, 0.1) is 0 Å². The van der Waals surface area contributed by atoms with Gasteiger partial charge >= 0.3 is 17.9 Å². The lowest BCUT2D eigenvalue weighted by Gasteiger charge is -2.15. The van der Waals surface area contributed by atoms with Gasteiger partial charge in [0.05, 0.1) is 12.2 Å². The third-order valence-corrected chi connectivity index (χ3v) is 3.03. The van der Waals surface area contributed by atoms with Gasteiger partial charge in [0, 0.05) is 10.0 Å². The lowest BCUT2D eigenvalue weighted by atomic mass is 9.94. The maximum atomic E-state index is 11.7. The Bertz CT molecular complexity index is 525. The van der Waals surface area contributed by atoms with E-state index in [0.29, 0.717) is 0 Å². The maximum absolute atomic E-state index is 11.7. The fourth-order valence-corrected chi connectivity index (χ4v) is 2.18. The van der Waals surface area contributed by atoms with Crippen molar-refractivity contribution in [3.63, 3.8) is 0 Å². The van der Waals surface area contributed by atoms with Gasteiger partial charge in [0.25, 0.3) is 0 Å². The van der Waals surface area contributed by atoms with Gasteiger partial charge in [0.2, 0.25) is 0 Å². The van der Waals surface area contributed by atoms with Gasteiger partial charge in [-0.2, -0.15) is 0 Å². The second-order valence-electron chi connectivity index (χ2n) is 3.53. The molecule has 2 N–H and O–H groups in total. The van der Waals surface area contributed by atoms with Gasteiger partial charge in [0.1, 0.15) is 0 Å². The molecule has 0 aliphatic carbocycles. The zero-order valence-electron chi connectivity index (χ0n) is 9.92. The summed E-state index contributed by atoms with van der Waals surface area (Å²) in [7, 11) is 0. The first-order valence-corrected chi connectivity index (χ1v) is 6.10. The van der Waals surface area contributed by atoms with Crippen LogP contribution in [0.4, 0.5) is 0 Å². The number of carbonyl (C=O) groups is 3. The SMILES string of the molecule is CCOC(=O)C(C(=O)O)c1c(Br)cccc1C(=O)O. The molecule has 0 aliphatic heterocycles. The van der Waals surface area contributed by atoms with Crippen molar-refractivity contribution in [2.75, 3.05) is 6.61 Å². The van der Waals surface area contributed by atoms with Crippen molar-refractivity contribution in [2.45, 2.75) is 12.8 Å². The van der Waals surface area contributed by atoms with E-state index in [1.165, 1.54) is 25.1 Å². The van der Waals surface area contributed by atoms with Crippen LogP contribution in [0.15, 0.2) is 22.7 Å². The average molecular weight is 331 g/mol. The van der Waals surface area contributed by atoms with E-state index < -0.39 is 23.8 Å². The summed E-state index contributed by atoms with van der Waals surface area (Å²) in [5.41, 5.74) is -0.379. The first kappa shape index (κ1) is 15.2. The van der Waals surface area contributed by atoms with Crippen LogP contribution in [0.1, 0.15) is 28.8 Å². The number of benzene rings is 1. The first-order chi connectivity index (χ1) is 8.90. The number of aliphatic carboxylic acids is 1. The summed E-state index contributed by atoms with van der Waals surface area (Å²) in [6.07, 6.45) is 0. The van der Waals surface area contributed by atoms with Crippen molar-refractivity contribution in [1.29, 1.82) is 0 Å². The molecule has 0 bridgehead atoms. The van der Waals surface area contributed by atoms with Gasteiger partial charge in [0.15, 0.2) is 5.92 Å². The molecule has 0 amide bonds. The van der Waals surface area contributed by atoms with E-state index in [1.807, 2.05) is 0 Å². The number of carbonyl (C=O) groups excluding carboxylic acids is 1. The number of hydrogen-bond acceptors (Lipinski definition) is 4. The molecule has 19 heavy (non-hydrogen) atoms. The summed E-state index contributed by atoms with van der Waals surface area (Å²) in [5.74, 6) is -5.45. The largest absolute Gasteiger partial charge is 0.480 e. The van der Waals surface area contributed by atoms with Crippen LogP contribution in [-0.2, 0) is 14.3 Å². The highest BCUT2D eigenvalue weighted by molar-refractivity contribution is 9.10. The molecular weight excluding hydrogens is 320 g/mol. The van der Waals surface area contributed by atoms with E-state index in [9.17, 15) is 14.4 Å². The second-order valence-corrected chi connectivity index (χ2v) is 4.38. The van der Waals surface area contributed by atoms with Gasteiger partial charge < -0.3 is 14.9 Å². The molecule has 0 aromatic heterocycles. The van der Waals surface area contributed by atoms with Crippen LogP contribution in [0.25, 0.3) is 0 Å². The predicted molar refractivity (Wildman–Crippen MR) is 68.1 cm³/mol. The minimum Gasteiger partial charge on any atom is -0.480 e. The van der Waals surface area contributed by atoms with Crippen molar-refractivity contribution in [2.24, 2.45) is 0 Å². The van der Waals surface area contributed by atoms with E-state index in [1.54, 1.807) is 0 Å². The van der Waals surface area contributed by atoms with Crippen LogP contribution < -0.4 is 0 Å². The van der Waals surface area contributed by atoms with Gasteiger partial charge in [-0.1, -0.05) is 22.0 Å². The monoisotopic (exact) mass is 330 g/mol. The van der Waals surface area contributed by atoms with Gasteiger partial charge in [-0.05, 0) is 19.1 Å². The minimum atomic E-state index is -1.68. The van der Waals surface area contributed by atoms with Crippen LogP contribution in [-0.4, -0.2) is 34.7 Å². The lowest BCUT2D eigenvalue weighted by Crippen LogP contribution is -2.26.